The largest absolute Gasteiger partial charge is 0.276 e. The van der Waals surface area contributed by atoms with Gasteiger partial charge >= 0.3 is 0 Å². The van der Waals surface area contributed by atoms with Crippen LogP contribution in [0, 0.1) is 27.6 Å². The van der Waals surface area contributed by atoms with Crippen molar-refractivity contribution in [1.82, 2.24) is 4.83 Å². The van der Waals surface area contributed by atoms with Crippen molar-refractivity contribution < 1.29 is 26.5 Å². The minimum atomic E-state index is -4.13. The number of hydrazone groups is 1. The van der Waals surface area contributed by atoms with Gasteiger partial charge in [0.05, 0.1) is 16.0 Å². The monoisotopic (exact) mass is 359 g/mol. The summed E-state index contributed by atoms with van der Waals surface area (Å²) in [6.45, 7) is 0. The van der Waals surface area contributed by atoms with E-state index >= 15 is 0 Å². The van der Waals surface area contributed by atoms with Gasteiger partial charge in [0.25, 0.3) is 15.7 Å². The number of non-ortho nitro benzene ring substituents is 1. The lowest BCUT2D eigenvalue weighted by atomic mass is 10.2. The summed E-state index contributed by atoms with van der Waals surface area (Å²) in [4.78, 5) is 11.3. The molecule has 0 saturated carbocycles. The van der Waals surface area contributed by atoms with Gasteiger partial charge in [-0.2, -0.15) is 13.5 Å². The number of sulfonamides is 1. The van der Waals surface area contributed by atoms with Crippen LogP contribution in [0.3, 0.4) is 0 Å². The molecule has 0 fully saturated rings. The summed E-state index contributed by atoms with van der Waals surface area (Å²) in [5, 5.41) is 13.8. The second-order valence-electron chi connectivity index (χ2n) is 4.40. The Balaban J connectivity index is 2.16. The normalized spacial score (nSPS) is 11.6. The number of hydrogen-bond acceptors (Lipinski definition) is 5. The van der Waals surface area contributed by atoms with E-state index in [-0.39, 0.29) is 16.1 Å². The van der Waals surface area contributed by atoms with Gasteiger partial charge in [-0.15, -0.1) is 0 Å². The zero-order chi connectivity index (χ0) is 17.9. The minimum absolute atomic E-state index is 0.210. The molecule has 0 aliphatic carbocycles. The Labute approximate surface area is 133 Å². The highest BCUT2D eigenvalue weighted by atomic mass is 32.2. The summed E-state index contributed by atoms with van der Waals surface area (Å²) < 4.78 is 62.6. The fourth-order valence-electron chi connectivity index (χ4n) is 1.62. The number of nitrogens with zero attached hydrogens (tertiary/aromatic N) is 2. The standard InChI is InChI=1S/C13H8F3N3O4S/c14-11-5-8(6-12(15)13(11)16)7-17-18-24(22,23)10-3-1-9(2-4-10)19(20)21/h1-7,18H/b17-7+. The molecule has 7 nitrogen and oxygen atoms in total. The molecular formula is C13H8F3N3O4S. The Bertz CT molecular complexity index is 892. The lowest BCUT2D eigenvalue weighted by Gasteiger charge is -2.03. The summed E-state index contributed by atoms with van der Waals surface area (Å²) in [5.41, 5.74) is -0.507. The molecule has 0 bridgehead atoms. The van der Waals surface area contributed by atoms with Gasteiger partial charge in [-0.3, -0.25) is 10.1 Å². The Morgan fingerprint density at radius 1 is 1.08 bits per heavy atom. The minimum Gasteiger partial charge on any atom is -0.258 e. The molecule has 0 spiro atoms. The molecule has 0 aromatic heterocycles. The first-order valence-corrected chi connectivity index (χ1v) is 7.63. The lowest BCUT2D eigenvalue weighted by molar-refractivity contribution is -0.384. The van der Waals surface area contributed by atoms with Gasteiger partial charge in [-0.1, -0.05) is 0 Å². The quantitative estimate of drug-likeness (QED) is 0.383. The van der Waals surface area contributed by atoms with E-state index in [1.54, 1.807) is 4.83 Å². The van der Waals surface area contributed by atoms with Crippen LogP contribution in [0.4, 0.5) is 18.9 Å². The number of nitrogens with one attached hydrogen (secondary N) is 1. The van der Waals surface area contributed by atoms with Crippen LogP contribution >= 0.6 is 0 Å². The number of hydrogen-bond donors (Lipinski definition) is 1. The highest BCUT2D eigenvalue weighted by Crippen LogP contribution is 2.16. The molecular weight excluding hydrogens is 351 g/mol. The number of benzene rings is 2. The van der Waals surface area contributed by atoms with Crippen LogP contribution in [-0.4, -0.2) is 19.6 Å². The third kappa shape index (κ3) is 3.87. The van der Waals surface area contributed by atoms with Crippen LogP contribution in [0.2, 0.25) is 0 Å². The van der Waals surface area contributed by atoms with Crippen LogP contribution in [0.1, 0.15) is 5.56 Å². The van der Waals surface area contributed by atoms with Gasteiger partial charge in [0, 0.05) is 17.7 Å². The van der Waals surface area contributed by atoms with E-state index in [0.29, 0.717) is 12.1 Å². The molecule has 0 radical (unpaired) electrons. The SMILES string of the molecule is O=[N+]([O-])c1ccc(S(=O)(=O)N/N=C/c2cc(F)c(F)c(F)c2)cc1. The van der Waals surface area contributed by atoms with Crippen molar-refractivity contribution in [2.75, 3.05) is 0 Å². The van der Waals surface area contributed by atoms with E-state index in [2.05, 4.69) is 5.10 Å². The third-order valence-electron chi connectivity index (χ3n) is 2.75. The van der Waals surface area contributed by atoms with Gasteiger partial charge in [0.2, 0.25) is 0 Å². The van der Waals surface area contributed by atoms with E-state index in [1.807, 2.05) is 0 Å². The molecule has 0 saturated heterocycles. The Hall–Kier alpha value is -2.95. The van der Waals surface area contributed by atoms with Crippen molar-refractivity contribution in [3.05, 3.63) is 69.5 Å². The van der Waals surface area contributed by atoms with Crippen molar-refractivity contribution >= 4 is 21.9 Å². The predicted octanol–water partition coefficient (Wildman–Crippen LogP) is 2.32. The molecule has 2 rings (SSSR count). The van der Waals surface area contributed by atoms with Gasteiger partial charge in [-0.25, -0.2) is 18.0 Å². The fraction of sp³-hybridized carbons (Fsp3) is 0. The Kier molecular flexibility index (Phi) is 4.83. The van der Waals surface area contributed by atoms with Gasteiger partial charge in [0.1, 0.15) is 0 Å². The second kappa shape index (κ2) is 6.66. The maximum absolute atomic E-state index is 13.0. The molecule has 11 heteroatoms. The van der Waals surface area contributed by atoms with E-state index in [0.717, 1.165) is 30.5 Å². The highest BCUT2D eigenvalue weighted by Gasteiger charge is 2.15. The topological polar surface area (TPSA) is 102 Å². The molecule has 0 atom stereocenters. The maximum atomic E-state index is 13.0. The van der Waals surface area contributed by atoms with Crippen LogP contribution in [0.5, 0.6) is 0 Å². The maximum Gasteiger partial charge on any atom is 0.276 e. The molecule has 1 N–H and O–H groups in total. The molecule has 2 aromatic carbocycles. The molecule has 24 heavy (non-hydrogen) atoms. The summed E-state index contributed by atoms with van der Waals surface area (Å²) in [6, 6.07) is 5.22. The van der Waals surface area contributed by atoms with E-state index < -0.39 is 32.4 Å². The molecule has 0 unspecified atom stereocenters. The van der Waals surface area contributed by atoms with Gasteiger partial charge in [-0.05, 0) is 24.3 Å². The third-order valence-corrected chi connectivity index (χ3v) is 3.99. The molecule has 126 valence electrons. The fourth-order valence-corrected chi connectivity index (χ4v) is 2.41. The summed E-state index contributed by atoms with van der Waals surface area (Å²) >= 11 is 0. The predicted molar refractivity (Wildman–Crippen MR) is 77.3 cm³/mol. The second-order valence-corrected chi connectivity index (χ2v) is 6.06. The number of nitro groups is 1. The lowest BCUT2D eigenvalue weighted by Crippen LogP contribution is -2.18. The van der Waals surface area contributed by atoms with Gasteiger partial charge in [0.15, 0.2) is 17.5 Å². The first-order chi connectivity index (χ1) is 11.2. The first-order valence-electron chi connectivity index (χ1n) is 6.14. The summed E-state index contributed by atoms with van der Waals surface area (Å²) in [6.07, 6.45) is 0.772. The van der Waals surface area contributed by atoms with Crippen molar-refractivity contribution in [1.29, 1.82) is 0 Å². The van der Waals surface area contributed by atoms with E-state index in [4.69, 9.17) is 0 Å². The van der Waals surface area contributed by atoms with Crippen LogP contribution < -0.4 is 4.83 Å². The van der Waals surface area contributed by atoms with Gasteiger partial charge < -0.3 is 0 Å². The van der Waals surface area contributed by atoms with Crippen molar-refractivity contribution in [2.24, 2.45) is 5.10 Å². The van der Waals surface area contributed by atoms with E-state index in [1.165, 1.54) is 0 Å². The molecule has 0 aliphatic heterocycles. The highest BCUT2D eigenvalue weighted by molar-refractivity contribution is 7.89. The Morgan fingerprint density at radius 2 is 1.62 bits per heavy atom. The summed E-state index contributed by atoms with van der Waals surface area (Å²) in [5.74, 6) is -4.55. The zero-order valence-electron chi connectivity index (χ0n) is 11.6. The zero-order valence-corrected chi connectivity index (χ0v) is 12.4. The van der Waals surface area contributed by atoms with Crippen molar-refractivity contribution in [3.63, 3.8) is 0 Å². The molecule has 2 aromatic rings. The number of halogens is 3. The molecule has 0 heterocycles. The van der Waals surface area contributed by atoms with Crippen molar-refractivity contribution in [3.8, 4) is 0 Å². The number of rotatable bonds is 5. The van der Waals surface area contributed by atoms with E-state index in [9.17, 15) is 31.7 Å². The van der Waals surface area contributed by atoms with Crippen LogP contribution in [0.15, 0.2) is 46.4 Å². The Morgan fingerprint density at radius 3 is 2.12 bits per heavy atom. The average molecular weight is 359 g/mol. The van der Waals surface area contributed by atoms with Crippen LogP contribution in [-0.2, 0) is 10.0 Å². The number of nitro benzene ring substituents is 1. The van der Waals surface area contributed by atoms with Crippen molar-refractivity contribution in [2.45, 2.75) is 4.90 Å². The average Bonchev–Trinajstić information content (AvgIpc) is 2.52. The smallest absolute Gasteiger partial charge is 0.258 e. The van der Waals surface area contributed by atoms with Crippen LogP contribution in [0.25, 0.3) is 0 Å². The summed E-state index contributed by atoms with van der Waals surface area (Å²) in [7, 11) is -4.13. The molecule has 0 aliphatic rings. The first kappa shape index (κ1) is 17.4. The molecule has 0 amide bonds.